The van der Waals surface area contributed by atoms with E-state index in [1.54, 1.807) is 0 Å². The van der Waals surface area contributed by atoms with E-state index in [9.17, 15) is 0 Å². The normalized spacial score (nSPS) is 11.6. The van der Waals surface area contributed by atoms with Crippen molar-refractivity contribution in [1.29, 1.82) is 0 Å². The second-order valence-electron chi connectivity index (χ2n) is 8.48. The van der Waals surface area contributed by atoms with Crippen LogP contribution in [-0.4, -0.2) is 15.9 Å². The first-order valence-corrected chi connectivity index (χ1v) is 11.1. The molecule has 1 radical (unpaired) electrons. The average Bonchev–Trinajstić information content (AvgIpc) is 2.61. The number of para-hydroxylation sites is 2. The SMILES string of the molecule is CC(C)c1cccc(C(C)C)c1[O][Al][O]c1c(C(C)C)cccc1C(C)C. The lowest BCUT2D eigenvalue weighted by atomic mass is 9.94. The summed E-state index contributed by atoms with van der Waals surface area (Å²) in [5.74, 6) is 3.73. The summed E-state index contributed by atoms with van der Waals surface area (Å²) in [5, 5.41) is 0. The van der Waals surface area contributed by atoms with Crippen LogP contribution in [0.3, 0.4) is 0 Å². The van der Waals surface area contributed by atoms with Crippen molar-refractivity contribution in [3.05, 3.63) is 58.7 Å². The molecule has 145 valence electrons. The lowest BCUT2D eigenvalue weighted by molar-refractivity contribution is 0.440. The minimum atomic E-state index is -0.628. The Morgan fingerprint density at radius 1 is 0.519 bits per heavy atom. The molecular formula is C24H34AlO2. The first-order chi connectivity index (χ1) is 12.7. The van der Waals surface area contributed by atoms with Crippen LogP contribution in [0.1, 0.15) is 101 Å². The van der Waals surface area contributed by atoms with Crippen molar-refractivity contribution in [2.45, 2.75) is 79.1 Å². The third-order valence-corrected chi connectivity index (χ3v) is 5.64. The van der Waals surface area contributed by atoms with Gasteiger partial charge in [0.25, 0.3) is 0 Å². The van der Waals surface area contributed by atoms with Crippen molar-refractivity contribution in [1.82, 2.24) is 0 Å². The maximum atomic E-state index is 6.33. The van der Waals surface area contributed by atoms with Gasteiger partial charge in [-0.15, -0.1) is 0 Å². The van der Waals surface area contributed by atoms with Gasteiger partial charge in [0, 0.05) is 0 Å². The van der Waals surface area contributed by atoms with E-state index in [1.165, 1.54) is 22.3 Å². The molecule has 0 fully saturated rings. The molecule has 0 heterocycles. The molecule has 0 amide bonds. The number of hydrogen-bond acceptors (Lipinski definition) is 2. The van der Waals surface area contributed by atoms with Gasteiger partial charge in [0.2, 0.25) is 0 Å². The highest BCUT2D eigenvalue weighted by Crippen LogP contribution is 2.36. The van der Waals surface area contributed by atoms with E-state index in [4.69, 9.17) is 7.58 Å². The second kappa shape index (κ2) is 9.67. The third kappa shape index (κ3) is 5.31. The van der Waals surface area contributed by atoms with Gasteiger partial charge in [0.05, 0.1) is 11.5 Å². The van der Waals surface area contributed by atoms with Crippen molar-refractivity contribution in [3.63, 3.8) is 0 Å². The highest BCUT2D eigenvalue weighted by molar-refractivity contribution is 6.21. The second-order valence-corrected chi connectivity index (χ2v) is 9.15. The Balaban J connectivity index is 2.30. The minimum Gasteiger partial charge on any atom is -0.615 e. The zero-order chi connectivity index (χ0) is 20.1. The Hall–Kier alpha value is -1.43. The lowest BCUT2D eigenvalue weighted by Crippen LogP contribution is -2.16. The minimum absolute atomic E-state index is 0.423. The summed E-state index contributed by atoms with van der Waals surface area (Å²) in [5.41, 5.74) is 5.05. The molecule has 2 aromatic carbocycles. The molecule has 0 saturated heterocycles. The van der Waals surface area contributed by atoms with E-state index in [1.807, 2.05) is 0 Å². The zero-order valence-electron chi connectivity index (χ0n) is 18.2. The summed E-state index contributed by atoms with van der Waals surface area (Å²) < 4.78 is 12.7. The van der Waals surface area contributed by atoms with Gasteiger partial charge in [-0.3, -0.25) is 0 Å². The quantitative estimate of drug-likeness (QED) is 0.451. The van der Waals surface area contributed by atoms with E-state index in [2.05, 4.69) is 91.8 Å². The van der Waals surface area contributed by atoms with E-state index in [0.717, 1.165) is 11.5 Å². The van der Waals surface area contributed by atoms with Gasteiger partial charge in [-0.2, -0.15) is 0 Å². The molecule has 0 aromatic heterocycles. The number of rotatable bonds is 8. The largest absolute Gasteiger partial charge is 0.881 e. The van der Waals surface area contributed by atoms with Gasteiger partial charge in [0.15, 0.2) is 0 Å². The molecule has 0 aliphatic heterocycles. The summed E-state index contributed by atoms with van der Waals surface area (Å²) in [4.78, 5) is 0. The van der Waals surface area contributed by atoms with Crippen LogP contribution in [-0.2, 0) is 0 Å². The Bertz CT molecular complexity index is 632. The smallest absolute Gasteiger partial charge is 0.615 e. The van der Waals surface area contributed by atoms with Crippen LogP contribution in [0.5, 0.6) is 11.5 Å². The molecule has 0 spiro atoms. The summed E-state index contributed by atoms with van der Waals surface area (Å²) in [6, 6.07) is 13.0. The van der Waals surface area contributed by atoms with Gasteiger partial charge >= 0.3 is 15.9 Å². The predicted octanol–water partition coefficient (Wildman–Crippen LogP) is 7.17. The topological polar surface area (TPSA) is 18.5 Å². The maximum Gasteiger partial charge on any atom is 0.881 e. The molecule has 0 unspecified atom stereocenters. The van der Waals surface area contributed by atoms with Crippen LogP contribution in [0, 0.1) is 0 Å². The summed E-state index contributed by atoms with van der Waals surface area (Å²) in [6.07, 6.45) is 0. The molecule has 0 aliphatic rings. The van der Waals surface area contributed by atoms with E-state index < -0.39 is 15.9 Å². The van der Waals surface area contributed by atoms with Crippen LogP contribution >= 0.6 is 0 Å². The number of benzene rings is 2. The zero-order valence-corrected chi connectivity index (χ0v) is 19.3. The molecule has 0 N–H and O–H groups in total. The first-order valence-electron chi connectivity index (χ1n) is 10.1. The van der Waals surface area contributed by atoms with Crippen LogP contribution in [0.2, 0.25) is 0 Å². The van der Waals surface area contributed by atoms with Gasteiger partial charge in [0.1, 0.15) is 0 Å². The summed E-state index contributed by atoms with van der Waals surface area (Å²) >= 11 is -0.628. The van der Waals surface area contributed by atoms with Gasteiger partial charge in [-0.05, 0) is 45.9 Å². The van der Waals surface area contributed by atoms with Crippen molar-refractivity contribution in [3.8, 4) is 11.5 Å². The van der Waals surface area contributed by atoms with Crippen molar-refractivity contribution in [2.75, 3.05) is 0 Å². The first kappa shape index (κ1) is 21.9. The van der Waals surface area contributed by atoms with Gasteiger partial charge in [-0.25, -0.2) is 0 Å². The van der Waals surface area contributed by atoms with Crippen molar-refractivity contribution < 1.29 is 7.58 Å². The molecule has 3 heteroatoms. The summed E-state index contributed by atoms with van der Waals surface area (Å²) in [7, 11) is 0. The number of hydrogen-bond donors (Lipinski definition) is 0. The summed E-state index contributed by atoms with van der Waals surface area (Å²) in [6.45, 7) is 17.7. The molecule has 0 saturated carbocycles. The molecule has 2 nitrogen and oxygen atoms in total. The van der Waals surface area contributed by atoms with E-state index >= 15 is 0 Å². The highest BCUT2D eigenvalue weighted by atomic mass is 27.2. The molecule has 0 bridgehead atoms. The Labute approximate surface area is 172 Å². The molecule has 27 heavy (non-hydrogen) atoms. The molecule has 0 aliphatic carbocycles. The van der Waals surface area contributed by atoms with Crippen LogP contribution in [0.15, 0.2) is 36.4 Å². The fourth-order valence-electron chi connectivity index (χ4n) is 3.36. The Kier molecular flexibility index (Phi) is 7.83. The van der Waals surface area contributed by atoms with Crippen molar-refractivity contribution in [2.24, 2.45) is 0 Å². The monoisotopic (exact) mass is 381 g/mol. The van der Waals surface area contributed by atoms with Gasteiger partial charge < -0.3 is 7.58 Å². The Morgan fingerprint density at radius 2 is 0.778 bits per heavy atom. The molecule has 0 atom stereocenters. The molecular weight excluding hydrogens is 347 g/mol. The van der Waals surface area contributed by atoms with Crippen LogP contribution in [0.25, 0.3) is 0 Å². The third-order valence-electron chi connectivity index (χ3n) is 4.97. The van der Waals surface area contributed by atoms with E-state index in [0.29, 0.717) is 23.7 Å². The molecule has 2 aromatic rings. The van der Waals surface area contributed by atoms with Crippen LogP contribution in [0.4, 0.5) is 0 Å². The fraction of sp³-hybridized carbons (Fsp3) is 0.500. The predicted molar refractivity (Wildman–Crippen MR) is 116 cm³/mol. The maximum absolute atomic E-state index is 6.33. The Morgan fingerprint density at radius 3 is 1.00 bits per heavy atom. The van der Waals surface area contributed by atoms with Crippen LogP contribution < -0.4 is 7.58 Å². The van der Waals surface area contributed by atoms with Gasteiger partial charge in [-0.1, -0.05) is 91.8 Å². The fourth-order valence-corrected chi connectivity index (χ4v) is 4.14. The average molecular weight is 382 g/mol. The lowest BCUT2D eigenvalue weighted by Gasteiger charge is -2.23. The van der Waals surface area contributed by atoms with E-state index in [-0.39, 0.29) is 0 Å². The van der Waals surface area contributed by atoms with Crippen molar-refractivity contribution >= 4 is 15.9 Å². The molecule has 2 rings (SSSR count). The highest BCUT2D eigenvalue weighted by Gasteiger charge is 2.20. The standard InChI is InChI=1S/2C12H18O.Al/c2*1-8(2)10-6-5-7-11(9(3)4)12(10)13;/h2*5-9,13H,1-4H3;/q;;+2/p-2.